The van der Waals surface area contributed by atoms with Gasteiger partial charge in [0.05, 0.1) is 0 Å². The number of likely N-dealkylation sites (N-methyl/N-ethyl adjacent to an activating group) is 1. The second-order valence-electron chi connectivity index (χ2n) is 5.12. The Hall–Kier alpha value is -2.10. The monoisotopic (exact) mass is 273 g/mol. The quantitative estimate of drug-likeness (QED) is 0.917. The summed E-state index contributed by atoms with van der Waals surface area (Å²) in [6, 6.07) is 9.69. The third kappa shape index (κ3) is 3.26. The van der Waals surface area contributed by atoms with Crippen LogP contribution in [0.1, 0.15) is 31.2 Å². The van der Waals surface area contributed by atoms with Crippen molar-refractivity contribution in [1.82, 2.24) is 4.90 Å². The number of aliphatic carboxylic acids is 1. The lowest BCUT2D eigenvalue weighted by molar-refractivity contribution is -0.134. The molecule has 0 atom stereocenters. The van der Waals surface area contributed by atoms with Crippen molar-refractivity contribution in [2.24, 2.45) is 0 Å². The fourth-order valence-electron chi connectivity index (χ4n) is 2.54. The van der Waals surface area contributed by atoms with Gasteiger partial charge in [-0.15, -0.1) is 0 Å². The maximum atomic E-state index is 12.4. The molecular formula is C16H19NO3. The smallest absolute Gasteiger partial charge is 0.332 e. The Kier molecular flexibility index (Phi) is 4.56. The predicted molar refractivity (Wildman–Crippen MR) is 76.0 cm³/mol. The fourth-order valence-corrected chi connectivity index (χ4v) is 2.54. The average molecular weight is 273 g/mol. The van der Waals surface area contributed by atoms with E-state index in [1.807, 2.05) is 30.3 Å². The number of hydrogen-bond donors (Lipinski definition) is 1. The molecule has 0 bridgehead atoms. The van der Waals surface area contributed by atoms with Gasteiger partial charge in [-0.05, 0) is 31.2 Å². The molecule has 0 saturated heterocycles. The molecule has 0 radical (unpaired) electrons. The second-order valence-corrected chi connectivity index (χ2v) is 5.12. The Morgan fingerprint density at radius 2 is 1.70 bits per heavy atom. The fraction of sp³-hybridized carbons (Fsp3) is 0.375. The summed E-state index contributed by atoms with van der Waals surface area (Å²) >= 11 is 0. The van der Waals surface area contributed by atoms with Gasteiger partial charge in [0.15, 0.2) is 0 Å². The van der Waals surface area contributed by atoms with E-state index < -0.39 is 5.97 Å². The molecule has 1 aliphatic rings. The van der Waals surface area contributed by atoms with E-state index in [9.17, 15) is 14.7 Å². The highest BCUT2D eigenvalue weighted by molar-refractivity contribution is 6.02. The molecule has 0 saturated carbocycles. The van der Waals surface area contributed by atoms with Gasteiger partial charge in [-0.3, -0.25) is 4.79 Å². The van der Waals surface area contributed by atoms with E-state index >= 15 is 0 Å². The molecule has 1 amide bonds. The van der Waals surface area contributed by atoms with E-state index in [0.29, 0.717) is 30.5 Å². The minimum Gasteiger partial charge on any atom is -0.478 e. The van der Waals surface area contributed by atoms with Crippen molar-refractivity contribution in [2.75, 3.05) is 7.05 Å². The number of carbonyl (C=O) groups is 2. The van der Waals surface area contributed by atoms with Crippen LogP contribution in [0, 0.1) is 0 Å². The Morgan fingerprint density at radius 1 is 1.10 bits per heavy atom. The van der Waals surface area contributed by atoms with E-state index in [0.717, 1.165) is 18.4 Å². The number of amides is 1. The molecule has 2 rings (SSSR count). The third-order valence-electron chi connectivity index (χ3n) is 3.59. The van der Waals surface area contributed by atoms with Crippen molar-refractivity contribution >= 4 is 11.9 Å². The van der Waals surface area contributed by atoms with Crippen LogP contribution in [-0.2, 0) is 16.1 Å². The van der Waals surface area contributed by atoms with Crippen molar-refractivity contribution in [2.45, 2.75) is 32.2 Å². The molecule has 1 aromatic rings. The van der Waals surface area contributed by atoms with Gasteiger partial charge in [0.1, 0.15) is 0 Å². The molecule has 4 heteroatoms. The van der Waals surface area contributed by atoms with E-state index in [-0.39, 0.29) is 5.91 Å². The third-order valence-corrected chi connectivity index (χ3v) is 3.59. The SMILES string of the molecule is CN(Cc1ccccc1)C(=O)C1=C(C(=O)O)CCCC1. The Balaban J connectivity index is 2.15. The van der Waals surface area contributed by atoms with Gasteiger partial charge >= 0.3 is 5.97 Å². The Bertz CT molecular complexity index is 534. The van der Waals surface area contributed by atoms with Gasteiger partial charge < -0.3 is 10.0 Å². The minimum atomic E-state index is -0.957. The maximum absolute atomic E-state index is 12.4. The van der Waals surface area contributed by atoms with Crippen LogP contribution in [-0.4, -0.2) is 28.9 Å². The largest absolute Gasteiger partial charge is 0.478 e. The van der Waals surface area contributed by atoms with Crippen LogP contribution in [0.15, 0.2) is 41.5 Å². The van der Waals surface area contributed by atoms with Crippen LogP contribution >= 0.6 is 0 Å². The first kappa shape index (κ1) is 14.3. The van der Waals surface area contributed by atoms with Crippen molar-refractivity contribution in [3.8, 4) is 0 Å². The van der Waals surface area contributed by atoms with E-state index in [1.165, 1.54) is 0 Å². The maximum Gasteiger partial charge on any atom is 0.332 e. The first-order valence-electron chi connectivity index (χ1n) is 6.84. The lowest BCUT2D eigenvalue weighted by atomic mass is 9.91. The normalized spacial score (nSPS) is 15.1. The Labute approximate surface area is 118 Å². The molecule has 1 aliphatic carbocycles. The number of hydrogen-bond acceptors (Lipinski definition) is 2. The molecule has 1 aromatic carbocycles. The molecule has 0 unspecified atom stereocenters. The molecule has 0 heterocycles. The predicted octanol–water partition coefficient (Wildman–Crippen LogP) is 2.60. The standard InChI is InChI=1S/C16H19NO3/c1-17(11-12-7-3-2-4-8-12)15(18)13-9-5-6-10-14(13)16(19)20/h2-4,7-8H,5-6,9-11H2,1H3,(H,19,20). The van der Waals surface area contributed by atoms with E-state index in [1.54, 1.807) is 11.9 Å². The molecule has 0 aliphatic heterocycles. The lowest BCUT2D eigenvalue weighted by Gasteiger charge is -2.23. The summed E-state index contributed by atoms with van der Waals surface area (Å²) in [6.45, 7) is 0.496. The molecular weight excluding hydrogens is 254 g/mol. The van der Waals surface area contributed by atoms with Crippen LogP contribution in [0.5, 0.6) is 0 Å². The van der Waals surface area contributed by atoms with Gasteiger partial charge in [-0.2, -0.15) is 0 Å². The zero-order valence-corrected chi connectivity index (χ0v) is 11.6. The highest BCUT2D eigenvalue weighted by Gasteiger charge is 2.25. The van der Waals surface area contributed by atoms with Gasteiger partial charge in [0.2, 0.25) is 5.91 Å². The first-order chi connectivity index (χ1) is 9.59. The zero-order valence-electron chi connectivity index (χ0n) is 11.6. The molecule has 1 N–H and O–H groups in total. The van der Waals surface area contributed by atoms with Crippen LogP contribution in [0.3, 0.4) is 0 Å². The number of benzene rings is 1. The topological polar surface area (TPSA) is 57.6 Å². The number of carboxylic acid groups (broad SMARTS) is 1. The summed E-state index contributed by atoms with van der Waals surface area (Å²) in [5.41, 5.74) is 1.81. The van der Waals surface area contributed by atoms with Gasteiger partial charge in [-0.25, -0.2) is 4.79 Å². The lowest BCUT2D eigenvalue weighted by Crippen LogP contribution is -2.30. The Morgan fingerprint density at radius 3 is 2.30 bits per heavy atom. The van der Waals surface area contributed by atoms with Crippen molar-refractivity contribution in [3.05, 3.63) is 47.0 Å². The van der Waals surface area contributed by atoms with Gasteiger partial charge in [-0.1, -0.05) is 30.3 Å². The zero-order chi connectivity index (χ0) is 14.5. The number of nitrogens with zero attached hydrogens (tertiary/aromatic N) is 1. The number of carbonyl (C=O) groups excluding carboxylic acids is 1. The van der Waals surface area contributed by atoms with Crippen LogP contribution in [0.2, 0.25) is 0 Å². The molecule has 0 fully saturated rings. The summed E-state index contributed by atoms with van der Waals surface area (Å²) in [5.74, 6) is -1.12. The molecule has 0 aromatic heterocycles. The summed E-state index contributed by atoms with van der Waals surface area (Å²) < 4.78 is 0. The molecule has 0 spiro atoms. The molecule has 106 valence electrons. The molecule has 4 nitrogen and oxygen atoms in total. The van der Waals surface area contributed by atoms with Crippen LogP contribution < -0.4 is 0 Å². The summed E-state index contributed by atoms with van der Waals surface area (Å²) in [7, 11) is 1.72. The van der Waals surface area contributed by atoms with Gasteiger partial charge in [0.25, 0.3) is 0 Å². The molecule has 20 heavy (non-hydrogen) atoms. The van der Waals surface area contributed by atoms with Crippen molar-refractivity contribution < 1.29 is 14.7 Å². The number of rotatable bonds is 4. The summed E-state index contributed by atoms with van der Waals surface area (Å²) in [5, 5.41) is 9.20. The van der Waals surface area contributed by atoms with Crippen molar-refractivity contribution in [1.29, 1.82) is 0 Å². The average Bonchev–Trinajstić information content (AvgIpc) is 2.47. The van der Waals surface area contributed by atoms with Crippen LogP contribution in [0.25, 0.3) is 0 Å². The highest BCUT2D eigenvalue weighted by Crippen LogP contribution is 2.26. The van der Waals surface area contributed by atoms with Crippen molar-refractivity contribution in [3.63, 3.8) is 0 Å². The van der Waals surface area contributed by atoms with E-state index in [2.05, 4.69) is 0 Å². The summed E-state index contributed by atoms with van der Waals surface area (Å²) in [4.78, 5) is 25.2. The number of carboxylic acids is 1. The highest BCUT2D eigenvalue weighted by atomic mass is 16.4. The summed E-state index contributed by atoms with van der Waals surface area (Å²) in [6.07, 6.45) is 2.80. The van der Waals surface area contributed by atoms with E-state index in [4.69, 9.17) is 0 Å². The second kappa shape index (κ2) is 6.37. The first-order valence-corrected chi connectivity index (χ1v) is 6.84. The van der Waals surface area contributed by atoms with Gasteiger partial charge in [0, 0.05) is 24.7 Å². The minimum absolute atomic E-state index is 0.161. The van der Waals surface area contributed by atoms with Crippen LogP contribution in [0.4, 0.5) is 0 Å².